The number of benzene rings is 1. The summed E-state index contributed by atoms with van der Waals surface area (Å²) in [5.74, 6) is 0.217. The highest BCUT2D eigenvalue weighted by Gasteiger charge is 2.16. The topological polar surface area (TPSA) is 49.4 Å². The molecule has 2 rings (SSSR count). The summed E-state index contributed by atoms with van der Waals surface area (Å²) >= 11 is 0. The van der Waals surface area contributed by atoms with Gasteiger partial charge in [0.25, 0.3) is 0 Å². The van der Waals surface area contributed by atoms with Crippen LogP contribution in [-0.2, 0) is 10.0 Å². The highest BCUT2D eigenvalue weighted by molar-refractivity contribution is 7.89. The predicted molar refractivity (Wildman–Crippen MR) is 74.5 cm³/mol. The molecule has 1 heterocycles. The van der Waals surface area contributed by atoms with Gasteiger partial charge in [0, 0.05) is 25.3 Å². The minimum absolute atomic E-state index is 0.217. The third-order valence-electron chi connectivity index (χ3n) is 3.40. The minimum Gasteiger partial charge on any atom is -0.370 e. The van der Waals surface area contributed by atoms with Crippen LogP contribution < -0.4 is 9.62 Å². The van der Waals surface area contributed by atoms with Crippen molar-refractivity contribution in [3.8, 4) is 0 Å². The molecule has 1 N–H and O–H groups in total. The van der Waals surface area contributed by atoms with Crippen molar-refractivity contribution >= 4 is 15.7 Å². The number of nitrogens with zero attached hydrogens (tertiary/aromatic N) is 1. The Morgan fingerprint density at radius 3 is 2.67 bits per heavy atom. The Morgan fingerprint density at radius 1 is 1.17 bits per heavy atom. The summed E-state index contributed by atoms with van der Waals surface area (Å²) in [4.78, 5) is 2.24. The van der Waals surface area contributed by atoms with Crippen LogP contribution in [0.4, 0.5) is 5.69 Å². The van der Waals surface area contributed by atoms with E-state index < -0.39 is 10.0 Å². The summed E-state index contributed by atoms with van der Waals surface area (Å²) in [5.41, 5.74) is 3.74. The van der Waals surface area contributed by atoms with Crippen molar-refractivity contribution in [2.24, 2.45) is 0 Å². The Morgan fingerprint density at radius 2 is 1.94 bits per heavy atom. The van der Waals surface area contributed by atoms with E-state index in [0.717, 1.165) is 13.1 Å². The van der Waals surface area contributed by atoms with Gasteiger partial charge in [0.2, 0.25) is 10.0 Å². The molecule has 1 saturated heterocycles. The standard InChI is InChI=1S/C13H20N2O2S/c1-11-4-5-13(10-12(11)2)15-7-3-9-18(16,17)14-6-8-15/h4-5,10,14H,3,6-9H2,1-2H3. The lowest BCUT2D eigenvalue weighted by atomic mass is 10.1. The summed E-state index contributed by atoms with van der Waals surface area (Å²) in [5, 5.41) is 0. The monoisotopic (exact) mass is 268 g/mol. The summed E-state index contributed by atoms with van der Waals surface area (Å²) in [6, 6.07) is 6.40. The maximum Gasteiger partial charge on any atom is 0.211 e. The molecule has 5 heteroatoms. The molecule has 4 nitrogen and oxygen atoms in total. The van der Waals surface area contributed by atoms with Gasteiger partial charge in [-0.15, -0.1) is 0 Å². The van der Waals surface area contributed by atoms with Gasteiger partial charge in [-0.3, -0.25) is 0 Å². The zero-order valence-corrected chi connectivity index (χ0v) is 11.8. The van der Waals surface area contributed by atoms with Crippen LogP contribution >= 0.6 is 0 Å². The molecule has 1 aliphatic rings. The third kappa shape index (κ3) is 3.23. The van der Waals surface area contributed by atoms with Crippen molar-refractivity contribution in [2.45, 2.75) is 20.3 Å². The van der Waals surface area contributed by atoms with Crippen LogP contribution in [0.1, 0.15) is 17.5 Å². The van der Waals surface area contributed by atoms with E-state index in [2.05, 4.69) is 41.7 Å². The second-order valence-electron chi connectivity index (χ2n) is 4.82. The van der Waals surface area contributed by atoms with Gasteiger partial charge in [0.15, 0.2) is 0 Å². The maximum atomic E-state index is 11.4. The predicted octanol–water partition coefficient (Wildman–Crippen LogP) is 1.43. The molecule has 1 fully saturated rings. The van der Waals surface area contributed by atoms with Crippen LogP contribution in [0.3, 0.4) is 0 Å². The van der Waals surface area contributed by atoms with Crippen molar-refractivity contribution in [2.75, 3.05) is 30.3 Å². The van der Waals surface area contributed by atoms with Crippen LogP contribution in [-0.4, -0.2) is 33.8 Å². The van der Waals surface area contributed by atoms with E-state index in [0.29, 0.717) is 13.0 Å². The van der Waals surface area contributed by atoms with Gasteiger partial charge in [-0.25, -0.2) is 13.1 Å². The Bertz CT molecular complexity index is 510. The van der Waals surface area contributed by atoms with Crippen molar-refractivity contribution in [3.05, 3.63) is 29.3 Å². The highest BCUT2D eigenvalue weighted by Crippen LogP contribution is 2.19. The van der Waals surface area contributed by atoms with Crippen molar-refractivity contribution in [1.29, 1.82) is 0 Å². The Labute approximate surface area is 109 Å². The first-order valence-electron chi connectivity index (χ1n) is 6.27. The van der Waals surface area contributed by atoms with E-state index >= 15 is 0 Å². The van der Waals surface area contributed by atoms with Crippen LogP contribution in [0.25, 0.3) is 0 Å². The molecule has 0 amide bonds. The van der Waals surface area contributed by atoms with E-state index in [1.807, 2.05) is 0 Å². The van der Waals surface area contributed by atoms with E-state index in [9.17, 15) is 8.42 Å². The number of rotatable bonds is 1. The fraction of sp³-hybridized carbons (Fsp3) is 0.538. The van der Waals surface area contributed by atoms with Crippen LogP contribution in [0.5, 0.6) is 0 Å². The molecule has 0 aromatic heterocycles. The number of anilines is 1. The lowest BCUT2D eigenvalue weighted by molar-refractivity contribution is 0.570. The first-order valence-corrected chi connectivity index (χ1v) is 7.93. The fourth-order valence-corrected chi connectivity index (χ4v) is 3.20. The molecule has 0 atom stereocenters. The molecule has 18 heavy (non-hydrogen) atoms. The van der Waals surface area contributed by atoms with Crippen LogP contribution in [0.15, 0.2) is 18.2 Å². The zero-order chi connectivity index (χ0) is 13.2. The van der Waals surface area contributed by atoms with Gasteiger partial charge in [-0.2, -0.15) is 0 Å². The minimum atomic E-state index is -3.04. The van der Waals surface area contributed by atoms with Gasteiger partial charge in [0.05, 0.1) is 5.75 Å². The Balaban J connectivity index is 2.11. The largest absolute Gasteiger partial charge is 0.370 e. The Kier molecular flexibility index (Phi) is 3.92. The van der Waals surface area contributed by atoms with E-state index in [1.54, 1.807) is 0 Å². The SMILES string of the molecule is Cc1ccc(N2CCCS(=O)(=O)NCC2)cc1C. The molecule has 0 unspecified atom stereocenters. The van der Waals surface area contributed by atoms with Gasteiger partial charge >= 0.3 is 0 Å². The number of aryl methyl sites for hydroxylation is 2. The van der Waals surface area contributed by atoms with E-state index in [-0.39, 0.29) is 5.75 Å². The average Bonchev–Trinajstić information content (AvgIpc) is 2.28. The molecule has 0 saturated carbocycles. The smallest absolute Gasteiger partial charge is 0.211 e. The first-order chi connectivity index (χ1) is 8.48. The second kappa shape index (κ2) is 5.28. The molecule has 1 aromatic carbocycles. The van der Waals surface area contributed by atoms with Gasteiger partial charge in [0.1, 0.15) is 0 Å². The van der Waals surface area contributed by atoms with Crippen LogP contribution in [0.2, 0.25) is 0 Å². The zero-order valence-electron chi connectivity index (χ0n) is 10.9. The Hall–Kier alpha value is -1.07. The quantitative estimate of drug-likeness (QED) is 0.838. The molecule has 0 bridgehead atoms. The van der Waals surface area contributed by atoms with Crippen molar-refractivity contribution in [3.63, 3.8) is 0 Å². The molecule has 1 aromatic rings. The number of sulfonamides is 1. The van der Waals surface area contributed by atoms with Gasteiger partial charge in [-0.1, -0.05) is 6.07 Å². The number of nitrogens with one attached hydrogen (secondary N) is 1. The average molecular weight is 268 g/mol. The van der Waals surface area contributed by atoms with Gasteiger partial charge < -0.3 is 4.90 Å². The van der Waals surface area contributed by atoms with Crippen LogP contribution in [0, 0.1) is 13.8 Å². The maximum absolute atomic E-state index is 11.4. The summed E-state index contributed by atoms with van der Waals surface area (Å²) in [6.45, 7) is 6.20. The number of hydrogen-bond acceptors (Lipinski definition) is 3. The van der Waals surface area contributed by atoms with Crippen molar-refractivity contribution < 1.29 is 8.42 Å². The lowest BCUT2D eigenvalue weighted by Crippen LogP contribution is -2.40. The molecule has 0 spiro atoms. The number of hydrogen-bond donors (Lipinski definition) is 1. The molecule has 1 aliphatic heterocycles. The molecule has 100 valence electrons. The summed E-state index contributed by atoms with van der Waals surface area (Å²) in [7, 11) is -3.04. The highest BCUT2D eigenvalue weighted by atomic mass is 32.2. The molecular weight excluding hydrogens is 248 g/mol. The molecular formula is C13H20N2O2S. The van der Waals surface area contributed by atoms with Crippen molar-refractivity contribution in [1.82, 2.24) is 4.72 Å². The van der Waals surface area contributed by atoms with E-state index in [1.165, 1.54) is 16.8 Å². The van der Waals surface area contributed by atoms with E-state index in [4.69, 9.17) is 0 Å². The fourth-order valence-electron chi connectivity index (χ4n) is 2.15. The van der Waals surface area contributed by atoms with Gasteiger partial charge in [-0.05, 0) is 43.5 Å². The normalized spacial score (nSPS) is 20.2. The second-order valence-corrected chi connectivity index (χ2v) is 6.75. The summed E-state index contributed by atoms with van der Waals surface area (Å²) in [6.07, 6.45) is 0.669. The first kappa shape index (κ1) is 13.4. The lowest BCUT2D eigenvalue weighted by Gasteiger charge is -2.27. The summed E-state index contributed by atoms with van der Waals surface area (Å²) < 4.78 is 25.5. The molecule has 0 aliphatic carbocycles. The third-order valence-corrected chi connectivity index (χ3v) is 4.87. The molecule has 0 radical (unpaired) electrons.